The van der Waals surface area contributed by atoms with Crippen LogP contribution in [0.25, 0.3) is 0 Å². The molecule has 3 rings (SSSR count). The van der Waals surface area contributed by atoms with Gasteiger partial charge in [-0.3, -0.25) is 4.79 Å². The minimum absolute atomic E-state index is 0.0478. The normalized spacial score (nSPS) is 27.0. The Morgan fingerprint density at radius 2 is 1.96 bits per heavy atom. The van der Waals surface area contributed by atoms with Crippen molar-refractivity contribution in [2.24, 2.45) is 5.92 Å². The van der Waals surface area contributed by atoms with Gasteiger partial charge in [0.15, 0.2) is 0 Å². The van der Waals surface area contributed by atoms with Crippen molar-refractivity contribution in [2.75, 3.05) is 20.7 Å². The van der Waals surface area contributed by atoms with Crippen molar-refractivity contribution in [3.63, 3.8) is 0 Å². The Kier molecular flexibility index (Phi) is 4.44. The second-order valence-corrected chi connectivity index (χ2v) is 8.12. The molecular formula is C16H22N2O4S. The van der Waals surface area contributed by atoms with Crippen LogP contribution in [-0.2, 0) is 14.8 Å². The average molecular weight is 338 g/mol. The number of carbonyl (C=O) groups is 1. The maximum atomic E-state index is 12.5. The molecule has 126 valence electrons. The third-order valence-corrected chi connectivity index (χ3v) is 6.12. The van der Waals surface area contributed by atoms with Crippen LogP contribution in [0.3, 0.4) is 0 Å². The van der Waals surface area contributed by atoms with Crippen LogP contribution in [0.15, 0.2) is 29.2 Å². The number of nitrogens with zero attached hydrogens (tertiary/aromatic N) is 1. The lowest BCUT2D eigenvalue weighted by atomic mass is 9.73. The van der Waals surface area contributed by atoms with E-state index in [1.54, 1.807) is 26.2 Å². The molecule has 1 N–H and O–H groups in total. The van der Waals surface area contributed by atoms with Gasteiger partial charge in [-0.05, 0) is 43.5 Å². The highest BCUT2D eigenvalue weighted by Crippen LogP contribution is 2.38. The predicted molar refractivity (Wildman–Crippen MR) is 85.7 cm³/mol. The summed E-state index contributed by atoms with van der Waals surface area (Å²) in [6.07, 6.45) is 2.94. The number of carbonyl (C=O) groups excluding carboxylic acids is 1. The smallest absolute Gasteiger partial charge is 0.253 e. The molecule has 1 aromatic rings. The van der Waals surface area contributed by atoms with Crippen LogP contribution in [0.1, 0.15) is 29.6 Å². The lowest BCUT2D eigenvalue weighted by Gasteiger charge is -2.47. The minimum Gasteiger partial charge on any atom is -0.378 e. The third-order valence-electron chi connectivity index (χ3n) is 4.62. The first-order valence-electron chi connectivity index (χ1n) is 7.84. The van der Waals surface area contributed by atoms with Crippen molar-refractivity contribution < 1.29 is 17.9 Å². The Morgan fingerprint density at radius 1 is 1.26 bits per heavy atom. The molecule has 1 aromatic carbocycles. The molecule has 1 aliphatic heterocycles. The van der Waals surface area contributed by atoms with E-state index in [0.717, 1.165) is 25.9 Å². The molecular weight excluding hydrogens is 316 g/mol. The van der Waals surface area contributed by atoms with Crippen LogP contribution in [0.4, 0.5) is 0 Å². The standard InChI is InChI=1S/C16H22N2O4S/c1-18(2)16(19)11-5-7-12(8-6-11)23(20,21)17-14-10-15-13(14)4-3-9-22-15/h5-8,13-15,17H,3-4,9-10H2,1-2H3/t13-,14+,15-/m0/s1. The van der Waals surface area contributed by atoms with Gasteiger partial charge in [0, 0.05) is 38.2 Å². The van der Waals surface area contributed by atoms with E-state index in [9.17, 15) is 13.2 Å². The summed E-state index contributed by atoms with van der Waals surface area (Å²) >= 11 is 0. The van der Waals surface area contributed by atoms with Crippen LogP contribution >= 0.6 is 0 Å². The number of rotatable bonds is 4. The van der Waals surface area contributed by atoms with Crippen LogP contribution in [0.5, 0.6) is 0 Å². The third kappa shape index (κ3) is 3.27. The number of amides is 1. The molecule has 0 unspecified atom stereocenters. The fourth-order valence-electron chi connectivity index (χ4n) is 3.23. The highest BCUT2D eigenvalue weighted by atomic mass is 32.2. The number of ether oxygens (including phenoxy) is 1. The predicted octanol–water partition coefficient (Wildman–Crippen LogP) is 1.23. The maximum Gasteiger partial charge on any atom is 0.253 e. The van der Waals surface area contributed by atoms with Crippen molar-refractivity contribution in [1.82, 2.24) is 9.62 Å². The fraction of sp³-hybridized carbons (Fsp3) is 0.562. The Labute approximate surface area is 136 Å². The van der Waals surface area contributed by atoms with Gasteiger partial charge in [0.25, 0.3) is 5.91 Å². The van der Waals surface area contributed by atoms with Crippen molar-refractivity contribution in [2.45, 2.75) is 36.3 Å². The van der Waals surface area contributed by atoms with Gasteiger partial charge in [-0.25, -0.2) is 13.1 Å². The van der Waals surface area contributed by atoms with Crippen LogP contribution in [0.2, 0.25) is 0 Å². The van der Waals surface area contributed by atoms with E-state index in [4.69, 9.17) is 4.74 Å². The Balaban J connectivity index is 1.69. The zero-order valence-corrected chi connectivity index (χ0v) is 14.2. The van der Waals surface area contributed by atoms with Crippen LogP contribution in [0, 0.1) is 5.92 Å². The Morgan fingerprint density at radius 3 is 2.57 bits per heavy atom. The SMILES string of the molecule is CN(C)C(=O)c1ccc(S(=O)(=O)N[C@@H]2C[C@@H]3OCCC[C@H]32)cc1. The monoisotopic (exact) mass is 338 g/mol. The highest BCUT2D eigenvalue weighted by Gasteiger charge is 2.45. The van der Waals surface area contributed by atoms with Gasteiger partial charge in [-0.15, -0.1) is 0 Å². The highest BCUT2D eigenvalue weighted by molar-refractivity contribution is 7.89. The van der Waals surface area contributed by atoms with Gasteiger partial charge >= 0.3 is 0 Å². The first-order valence-corrected chi connectivity index (χ1v) is 9.32. The van der Waals surface area contributed by atoms with Gasteiger partial charge in [0.05, 0.1) is 11.0 Å². The summed E-state index contributed by atoms with van der Waals surface area (Å²) < 4.78 is 33.3. The van der Waals surface area contributed by atoms with Crippen molar-refractivity contribution >= 4 is 15.9 Å². The van der Waals surface area contributed by atoms with Crippen molar-refractivity contribution in [3.05, 3.63) is 29.8 Å². The number of fused-ring (bicyclic) bond motifs is 1. The van der Waals surface area contributed by atoms with E-state index in [1.165, 1.54) is 17.0 Å². The zero-order valence-electron chi connectivity index (χ0n) is 13.4. The van der Waals surface area contributed by atoms with Crippen LogP contribution in [-0.4, -0.2) is 52.1 Å². The summed E-state index contributed by atoms with van der Waals surface area (Å²) in [5.74, 6) is 0.135. The van der Waals surface area contributed by atoms with Gasteiger partial charge in [0.1, 0.15) is 0 Å². The largest absolute Gasteiger partial charge is 0.378 e. The fourth-order valence-corrected chi connectivity index (χ4v) is 4.53. The summed E-state index contributed by atoms with van der Waals surface area (Å²) in [5, 5.41) is 0. The lowest BCUT2D eigenvalue weighted by molar-refractivity contribution is -0.0980. The second-order valence-electron chi connectivity index (χ2n) is 6.40. The topological polar surface area (TPSA) is 75.7 Å². The van der Waals surface area contributed by atoms with Gasteiger partial charge in [0.2, 0.25) is 10.0 Å². The molecule has 0 radical (unpaired) electrons. The van der Waals surface area contributed by atoms with Gasteiger partial charge in [-0.1, -0.05) is 0 Å². The van der Waals surface area contributed by atoms with Gasteiger partial charge in [-0.2, -0.15) is 0 Å². The second kappa shape index (κ2) is 6.22. The molecule has 3 atom stereocenters. The van der Waals surface area contributed by atoms with E-state index in [0.29, 0.717) is 5.56 Å². The molecule has 0 bridgehead atoms. The first kappa shape index (κ1) is 16.4. The van der Waals surface area contributed by atoms with Crippen molar-refractivity contribution in [3.8, 4) is 0 Å². The number of hydrogen-bond acceptors (Lipinski definition) is 4. The van der Waals surface area contributed by atoms with Gasteiger partial charge < -0.3 is 9.64 Å². The molecule has 6 nitrogen and oxygen atoms in total. The molecule has 1 saturated heterocycles. The molecule has 1 aliphatic carbocycles. The molecule has 0 aromatic heterocycles. The molecule has 23 heavy (non-hydrogen) atoms. The molecule has 1 saturated carbocycles. The summed E-state index contributed by atoms with van der Waals surface area (Å²) in [7, 11) is -0.243. The maximum absolute atomic E-state index is 12.5. The summed E-state index contributed by atoms with van der Waals surface area (Å²) in [5.41, 5.74) is 0.471. The average Bonchev–Trinajstić information content (AvgIpc) is 2.52. The summed E-state index contributed by atoms with van der Waals surface area (Å²) in [6.45, 7) is 0.780. The van der Waals surface area contributed by atoms with E-state index >= 15 is 0 Å². The quantitative estimate of drug-likeness (QED) is 0.896. The summed E-state index contributed by atoms with van der Waals surface area (Å²) in [6, 6.07) is 6.00. The summed E-state index contributed by atoms with van der Waals surface area (Å²) in [4.78, 5) is 13.5. The van der Waals surface area contributed by atoms with Crippen LogP contribution < -0.4 is 4.72 Å². The number of sulfonamides is 1. The molecule has 2 aliphatic rings. The Hall–Kier alpha value is -1.44. The lowest BCUT2D eigenvalue weighted by Crippen LogP contribution is -2.57. The van der Waals surface area contributed by atoms with E-state index in [2.05, 4.69) is 4.72 Å². The van der Waals surface area contributed by atoms with E-state index < -0.39 is 10.0 Å². The number of benzene rings is 1. The molecule has 0 spiro atoms. The van der Waals surface area contributed by atoms with E-state index in [-0.39, 0.29) is 28.9 Å². The van der Waals surface area contributed by atoms with Crippen molar-refractivity contribution in [1.29, 1.82) is 0 Å². The molecule has 1 amide bonds. The Bertz CT molecular complexity index is 685. The number of nitrogens with one attached hydrogen (secondary N) is 1. The number of hydrogen-bond donors (Lipinski definition) is 1. The minimum atomic E-state index is -3.56. The first-order chi connectivity index (χ1) is 10.9. The zero-order chi connectivity index (χ0) is 16.6. The molecule has 7 heteroatoms. The molecule has 1 heterocycles. The van der Waals surface area contributed by atoms with E-state index in [1.807, 2.05) is 0 Å². The molecule has 2 fully saturated rings.